The summed E-state index contributed by atoms with van der Waals surface area (Å²) in [5.41, 5.74) is 2.27. The van der Waals surface area contributed by atoms with Crippen molar-refractivity contribution in [2.24, 2.45) is 0 Å². The highest BCUT2D eigenvalue weighted by atomic mass is 32.2. The molecule has 0 aliphatic rings. The fourth-order valence-electron chi connectivity index (χ4n) is 5.01. The van der Waals surface area contributed by atoms with Crippen molar-refractivity contribution in [2.75, 3.05) is 14.2 Å². The summed E-state index contributed by atoms with van der Waals surface area (Å²) in [7, 11) is -0.463. The van der Waals surface area contributed by atoms with Crippen LogP contribution in [-0.4, -0.2) is 51.8 Å². The molecule has 0 spiro atoms. The van der Waals surface area contributed by atoms with E-state index in [1.807, 2.05) is 91.0 Å². The second kappa shape index (κ2) is 15.3. The van der Waals surface area contributed by atoms with Crippen LogP contribution in [0.5, 0.6) is 5.75 Å². The van der Waals surface area contributed by atoms with Gasteiger partial charge in [-0.15, -0.1) is 0 Å². The van der Waals surface area contributed by atoms with Gasteiger partial charge in [0.1, 0.15) is 0 Å². The van der Waals surface area contributed by atoms with Crippen LogP contribution in [0.1, 0.15) is 28.7 Å². The number of ether oxygens (including phenoxy) is 1. The number of hydroxylamine groups is 2. The SMILES string of the molecule is CNC(=O)c1ccccc1Sc1ccc2c(/C=C/c3ccccn3)nn([PH](=O)ON(Oc3cccc4ccccc34)[C@@H](C)C(=O)OC)c2c1. The quantitative estimate of drug-likeness (QED) is 0.0794. The van der Waals surface area contributed by atoms with Crippen molar-refractivity contribution in [3.05, 3.63) is 126 Å². The Hall–Kier alpha value is -5.26. The maximum absolute atomic E-state index is 14.2. The molecule has 2 heterocycles. The van der Waals surface area contributed by atoms with Crippen molar-refractivity contribution in [1.29, 1.82) is 0 Å². The Morgan fingerprint density at radius 1 is 0.939 bits per heavy atom. The lowest BCUT2D eigenvalue weighted by Crippen LogP contribution is -2.41. The number of aromatic nitrogens is 3. The zero-order valence-corrected chi connectivity index (χ0v) is 28.6. The molecule has 0 bridgehead atoms. The van der Waals surface area contributed by atoms with Crippen LogP contribution in [0.2, 0.25) is 0 Å². The molecular weight excluding hydrogens is 661 g/mol. The Bertz CT molecular complexity index is 2190. The predicted molar refractivity (Wildman–Crippen MR) is 190 cm³/mol. The van der Waals surface area contributed by atoms with Crippen LogP contribution < -0.4 is 10.2 Å². The topological polar surface area (TPSA) is 125 Å². The van der Waals surface area contributed by atoms with E-state index in [-0.39, 0.29) is 5.91 Å². The van der Waals surface area contributed by atoms with Gasteiger partial charge in [0, 0.05) is 39.0 Å². The average molecular weight is 694 g/mol. The molecule has 1 amide bonds. The van der Waals surface area contributed by atoms with Gasteiger partial charge >= 0.3 is 14.1 Å². The molecule has 0 saturated carbocycles. The number of rotatable bonds is 12. The van der Waals surface area contributed by atoms with E-state index in [2.05, 4.69) is 15.4 Å². The van der Waals surface area contributed by atoms with E-state index in [0.717, 1.165) is 25.8 Å². The third kappa shape index (κ3) is 7.58. The van der Waals surface area contributed by atoms with Crippen molar-refractivity contribution >= 4 is 65.6 Å². The minimum absolute atomic E-state index is 0.208. The van der Waals surface area contributed by atoms with Gasteiger partial charge in [0.25, 0.3) is 5.91 Å². The van der Waals surface area contributed by atoms with Crippen LogP contribution >= 0.6 is 19.9 Å². The van der Waals surface area contributed by atoms with E-state index in [1.165, 1.54) is 30.2 Å². The van der Waals surface area contributed by atoms with Crippen LogP contribution in [0.25, 0.3) is 33.8 Å². The first-order valence-electron chi connectivity index (χ1n) is 15.2. The number of amides is 1. The summed E-state index contributed by atoms with van der Waals surface area (Å²) in [6.45, 7) is 1.52. The summed E-state index contributed by atoms with van der Waals surface area (Å²) < 4.78 is 26.4. The van der Waals surface area contributed by atoms with E-state index >= 15 is 0 Å². The first-order chi connectivity index (χ1) is 23.9. The highest BCUT2D eigenvalue weighted by Gasteiger charge is 2.29. The van der Waals surface area contributed by atoms with Gasteiger partial charge in [-0.25, -0.2) is 0 Å². The molecule has 0 fully saturated rings. The lowest BCUT2D eigenvalue weighted by Gasteiger charge is -2.25. The minimum Gasteiger partial charge on any atom is -0.468 e. The fraction of sp³-hybridized carbons (Fsp3) is 0.111. The van der Waals surface area contributed by atoms with Crippen LogP contribution in [0.3, 0.4) is 0 Å². The number of carbonyl (C=O) groups is 2. The predicted octanol–water partition coefficient (Wildman–Crippen LogP) is 7.29. The van der Waals surface area contributed by atoms with Crippen molar-refractivity contribution in [3.63, 3.8) is 0 Å². The third-order valence-electron chi connectivity index (χ3n) is 7.50. The summed E-state index contributed by atoms with van der Waals surface area (Å²) in [5, 5.41) is 10.6. The maximum Gasteiger partial charge on any atom is 0.328 e. The van der Waals surface area contributed by atoms with Gasteiger partial charge < -0.3 is 14.9 Å². The summed E-state index contributed by atoms with van der Waals surface area (Å²) in [6, 6.07) is 30.4. The van der Waals surface area contributed by atoms with Gasteiger partial charge in [0.2, 0.25) is 0 Å². The molecule has 248 valence electrons. The number of nitrogens with one attached hydrogen (secondary N) is 1. The van der Waals surface area contributed by atoms with E-state index < -0.39 is 20.2 Å². The number of esters is 1. The highest BCUT2D eigenvalue weighted by Crippen LogP contribution is 2.38. The van der Waals surface area contributed by atoms with Gasteiger partial charge in [0.15, 0.2) is 11.8 Å². The molecule has 0 saturated heterocycles. The largest absolute Gasteiger partial charge is 0.468 e. The normalized spacial score (nSPS) is 12.7. The van der Waals surface area contributed by atoms with Crippen LogP contribution in [0, 0.1) is 0 Å². The second-order valence-corrected chi connectivity index (χ2v) is 12.9. The number of hydrogen-bond donors (Lipinski definition) is 1. The van der Waals surface area contributed by atoms with Crippen molar-refractivity contribution < 1.29 is 28.4 Å². The lowest BCUT2D eigenvalue weighted by molar-refractivity contribution is -0.275. The Morgan fingerprint density at radius 2 is 1.71 bits per heavy atom. The van der Waals surface area contributed by atoms with Crippen molar-refractivity contribution in [3.8, 4) is 5.75 Å². The van der Waals surface area contributed by atoms with Gasteiger partial charge in [0.05, 0.1) is 29.6 Å². The van der Waals surface area contributed by atoms with Crippen molar-refractivity contribution in [1.82, 2.24) is 25.1 Å². The molecule has 6 rings (SSSR count). The van der Waals surface area contributed by atoms with Gasteiger partial charge in [-0.05, 0) is 73.0 Å². The van der Waals surface area contributed by atoms with E-state index in [0.29, 0.717) is 33.6 Å². The molecule has 0 radical (unpaired) electrons. The first kappa shape index (κ1) is 33.6. The van der Waals surface area contributed by atoms with Gasteiger partial charge in [-0.2, -0.15) is 14.2 Å². The summed E-state index contributed by atoms with van der Waals surface area (Å²) in [4.78, 5) is 37.2. The lowest BCUT2D eigenvalue weighted by atomic mass is 10.1. The van der Waals surface area contributed by atoms with Gasteiger partial charge in [-0.3, -0.25) is 19.1 Å². The molecule has 0 aliphatic heterocycles. The number of benzene rings is 4. The van der Waals surface area contributed by atoms with Gasteiger partial charge in [-0.1, -0.05) is 66.4 Å². The Morgan fingerprint density at radius 3 is 2.51 bits per heavy atom. The molecule has 4 aromatic carbocycles. The number of carbonyl (C=O) groups excluding carboxylic acids is 2. The van der Waals surface area contributed by atoms with E-state index in [9.17, 15) is 14.2 Å². The minimum atomic E-state index is -3.30. The smallest absolute Gasteiger partial charge is 0.328 e. The number of fused-ring (bicyclic) bond motifs is 2. The number of hydrogen-bond acceptors (Lipinski definition) is 10. The zero-order valence-electron chi connectivity index (χ0n) is 26.8. The van der Waals surface area contributed by atoms with Crippen LogP contribution in [-0.2, 0) is 18.7 Å². The molecule has 2 atom stereocenters. The van der Waals surface area contributed by atoms with E-state index in [4.69, 9.17) is 14.2 Å². The van der Waals surface area contributed by atoms with Crippen LogP contribution in [0.4, 0.5) is 0 Å². The average Bonchev–Trinajstić information content (AvgIpc) is 3.51. The molecule has 0 aliphatic carbocycles. The molecule has 11 nitrogen and oxygen atoms in total. The number of nitrogens with zero attached hydrogens (tertiary/aromatic N) is 4. The fourth-order valence-corrected chi connectivity index (χ4v) is 6.99. The Kier molecular flexibility index (Phi) is 10.5. The summed E-state index contributed by atoms with van der Waals surface area (Å²) in [6.07, 6.45) is 5.28. The highest BCUT2D eigenvalue weighted by molar-refractivity contribution is 7.99. The Labute approximate surface area is 287 Å². The first-order valence-corrected chi connectivity index (χ1v) is 17.3. The van der Waals surface area contributed by atoms with Crippen LogP contribution in [0.15, 0.2) is 119 Å². The zero-order chi connectivity index (χ0) is 34.3. The summed E-state index contributed by atoms with van der Waals surface area (Å²) >= 11 is 1.38. The number of methoxy groups -OCH3 is 1. The molecule has 1 N–H and O–H groups in total. The molecule has 6 aromatic rings. The molecular formula is C36H32N5O6PS. The molecule has 13 heteroatoms. The Balaban J connectivity index is 1.39. The van der Waals surface area contributed by atoms with E-state index in [1.54, 1.807) is 37.5 Å². The second-order valence-electron chi connectivity index (χ2n) is 10.7. The number of pyridine rings is 1. The molecule has 49 heavy (non-hydrogen) atoms. The monoisotopic (exact) mass is 693 g/mol. The maximum atomic E-state index is 14.2. The third-order valence-corrected chi connectivity index (χ3v) is 9.59. The van der Waals surface area contributed by atoms with Crippen molar-refractivity contribution in [2.45, 2.75) is 22.8 Å². The molecule has 1 unspecified atom stereocenters. The standard InChI is InChI=1S/C36H32N5O6PS/c1-24(36(43)45-3)41(46-33-16-10-12-25-11-4-5-14-28(25)33)47-48(44)40-32-23-27(49-34-17-7-6-15-30(34)35(42)37-2)19-20-29(32)31(39-40)21-18-26-13-8-9-22-38-26/h4-24,48H,1-3H3,(H,37,42)/b21-18+/t24-/m0/s1. The summed E-state index contributed by atoms with van der Waals surface area (Å²) in [5.74, 6) is -0.477. The molecule has 2 aromatic heterocycles.